The first-order valence-electron chi connectivity index (χ1n) is 6.37. The lowest BCUT2D eigenvalue weighted by atomic mass is 10.1. The molecule has 1 aromatic carbocycles. The summed E-state index contributed by atoms with van der Waals surface area (Å²) in [7, 11) is 1.59. The van der Waals surface area contributed by atoms with Crippen molar-refractivity contribution >= 4 is 5.69 Å². The number of methoxy groups -OCH3 is 1. The number of ether oxygens (including phenoxy) is 1. The van der Waals surface area contributed by atoms with Gasteiger partial charge in [0.1, 0.15) is 5.75 Å². The standard InChI is InChI=1S/C13H19N3O3/c1-10-8-15(6-5-14-10)9-11-7-12(16(17)18)3-4-13(11)19-2/h3-4,7,10,14H,5-6,8-9H2,1-2H3/t10-/m0/s1. The van der Waals surface area contributed by atoms with E-state index in [0.717, 1.165) is 25.2 Å². The number of nitrogens with zero attached hydrogens (tertiary/aromatic N) is 2. The number of hydrogen-bond acceptors (Lipinski definition) is 5. The van der Waals surface area contributed by atoms with Crippen molar-refractivity contribution in [2.75, 3.05) is 26.7 Å². The first-order valence-corrected chi connectivity index (χ1v) is 6.37. The smallest absolute Gasteiger partial charge is 0.270 e. The van der Waals surface area contributed by atoms with E-state index in [9.17, 15) is 10.1 Å². The second kappa shape index (κ2) is 5.99. The average molecular weight is 265 g/mol. The van der Waals surface area contributed by atoms with Crippen molar-refractivity contribution in [1.82, 2.24) is 10.2 Å². The zero-order chi connectivity index (χ0) is 13.8. The van der Waals surface area contributed by atoms with Crippen molar-refractivity contribution in [3.63, 3.8) is 0 Å². The van der Waals surface area contributed by atoms with E-state index in [2.05, 4.69) is 17.1 Å². The summed E-state index contributed by atoms with van der Waals surface area (Å²) in [6.07, 6.45) is 0. The predicted octanol–water partition coefficient (Wildman–Crippen LogP) is 1.40. The molecule has 0 saturated carbocycles. The van der Waals surface area contributed by atoms with Gasteiger partial charge < -0.3 is 10.1 Å². The fourth-order valence-corrected chi connectivity index (χ4v) is 2.40. The minimum Gasteiger partial charge on any atom is -0.496 e. The molecule has 0 aliphatic carbocycles. The third kappa shape index (κ3) is 3.42. The number of nitro groups is 1. The third-order valence-electron chi connectivity index (χ3n) is 3.32. The molecule has 1 N–H and O–H groups in total. The summed E-state index contributed by atoms with van der Waals surface area (Å²) in [6, 6.07) is 5.19. The maximum Gasteiger partial charge on any atom is 0.270 e. The van der Waals surface area contributed by atoms with E-state index in [1.165, 1.54) is 6.07 Å². The van der Waals surface area contributed by atoms with E-state index in [1.54, 1.807) is 19.2 Å². The Morgan fingerprint density at radius 2 is 2.37 bits per heavy atom. The molecule has 19 heavy (non-hydrogen) atoms. The highest BCUT2D eigenvalue weighted by atomic mass is 16.6. The van der Waals surface area contributed by atoms with Gasteiger partial charge in [0.25, 0.3) is 5.69 Å². The number of non-ortho nitro benzene ring substituents is 1. The molecule has 104 valence electrons. The van der Waals surface area contributed by atoms with Crippen LogP contribution >= 0.6 is 0 Å². The molecule has 0 spiro atoms. The van der Waals surface area contributed by atoms with Crippen LogP contribution in [0.2, 0.25) is 0 Å². The number of rotatable bonds is 4. The van der Waals surface area contributed by atoms with Crippen LogP contribution in [0.4, 0.5) is 5.69 Å². The van der Waals surface area contributed by atoms with Crippen molar-refractivity contribution in [2.24, 2.45) is 0 Å². The first kappa shape index (κ1) is 13.8. The van der Waals surface area contributed by atoms with Gasteiger partial charge in [-0.05, 0) is 13.0 Å². The predicted molar refractivity (Wildman–Crippen MR) is 72.4 cm³/mol. The van der Waals surface area contributed by atoms with Gasteiger partial charge in [-0.15, -0.1) is 0 Å². The molecule has 0 unspecified atom stereocenters. The van der Waals surface area contributed by atoms with E-state index in [4.69, 9.17) is 4.74 Å². The number of hydrogen-bond donors (Lipinski definition) is 1. The number of benzene rings is 1. The Morgan fingerprint density at radius 1 is 1.58 bits per heavy atom. The molecule has 0 radical (unpaired) electrons. The topological polar surface area (TPSA) is 67.6 Å². The van der Waals surface area contributed by atoms with Gasteiger partial charge in [0.05, 0.1) is 12.0 Å². The maximum absolute atomic E-state index is 10.8. The van der Waals surface area contributed by atoms with Crippen molar-refractivity contribution < 1.29 is 9.66 Å². The van der Waals surface area contributed by atoms with Crippen molar-refractivity contribution in [2.45, 2.75) is 19.5 Å². The highest BCUT2D eigenvalue weighted by Gasteiger charge is 2.18. The normalized spacial score (nSPS) is 20.2. The summed E-state index contributed by atoms with van der Waals surface area (Å²) >= 11 is 0. The quantitative estimate of drug-likeness (QED) is 0.658. The Kier molecular flexibility index (Phi) is 4.34. The van der Waals surface area contributed by atoms with E-state index >= 15 is 0 Å². The van der Waals surface area contributed by atoms with Crippen LogP contribution in [0.25, 0.3) is 0 Å². The van der Waals surface area contributed by atoms with Gasteiger partial charge in [0, 0.05) is 49.9 Å². The molecular formula is C13H19N3O3. The molecule has 0 amide bonds. The third-order valence-corrected chi connectivity index (χ3v) is 3.32. The zero-order valence-corrected chi connectivity index (χ0v) is 11.3. The molecule has 2 rings (SSSR count). The lowest BCUT2D eigenvalue weighted by molar-refractivity contribution is -0.385. The summed E-state index contributed by atoms with van der Waals surface area (Å²) < 4.78 is 5.28. The van der Waals surface area contributed by atoms with Crippen LogP contribution in [0.3, 0.4) is 0 Å². The highest BCUT2D eigenvalue weighted by Crippen LogP contribution is 2.25. The Balaban J connectivity index is 2.17. The minimum absolute atomic E-state index is 0.110. The van der Waals surface area contributed by atoms with Gasteiger partial charge >= 0.3 is 0 Å². The lowest BCUT2D eigenvalue weighted by Gasteiger charge is -2.32. The fraction of sp³-hybridized carbons (Fsp3) is 0.538. The van der Waals surface area contributed by atoms with Gasteiger partial charge in [0.15, 0.2) is 0 Å². The van der Waals surface area contributed by atoms with Gasteiger partial charge in [-0.1, -0.05) is 0 Å². The summed E-state index contributed by atoms with van der Waals surface area (Å²) in [4.78, 5) is 12.7. The molecule has 0 aromatic heterocycles. The summed E-state index contributed by atoms with van der Waals surface area (Å²) in [5, 5.41) is 14.2. The summed E-state index contributed by atoms with van der Waals surface area (Å²) in [5.74, 6) is 0.705. The average Bonchev–Trinajstić information content (AvgIpc) is 2.38. The molecule has 1 aromatic rings. The molecule has 1 heterocycles. The second-order valence-corrected chi connectivity index (χ2v) is 4.84. The minimum atomic E-state index is -0.372. The molecule has 1 saturated heterocycles. The van der Waals surface area contributed by atoms with Crippen LogP contribution in [-0.2, 0) is 6.54 Å². The van der Waals surface area contributed by atoms with Gasteiger partial charge in [-0.2, -0.15) is 0 Å². The Bertz CT molecular complexity index is 464. The van der Waals surface area contributed by atoms with E-state index in [1.807, 2.05) is 0 Å². The SMILES string of the molecule is COc1ccc([N+](=O)[O-])cc1CN1CCN[C@@H](C)C1. The van der Waals surface area contributed by atoms with E-state index in [-0.39, 0.29) is 10.6 Å². The highest BCUT2D eigenvalue weighted by molar-refractivity contribution is 5.43. The Labute approximate surface area is 112 Å². The maximum atomic E-state index is 10.8. The number of nitrogens with one attached hydrogen (secondary N) is 1. The molecule has 1 fully saturated rings. The molecule has 1 atom stereocenters. The van der Waals surface area contributed by atoms with Crippen LogP contribution in [-0.4, -0.2) is 42.6 Å². The van der Waals surface area contributed by atoms with E-state index < -0.39 is 0 Å². The molecule has 6 heteroatoms. The summed E-state index contributed by atoms with van der Waals surface area (Å²) in [6.45, 7) is 5.63. The van der Waals surface area contributed by atoms with Gasteiger partial charge in [-0.3, -0.25) is 15.0 Å². The molecule has 1 aliphatic heterocycles. The first-order chi connectivity index (χ1) is 9.10. The van der Waals surface area contributed by atoms with Crippen LogP contribution in [0.15, 0.2) is 18.2 Å². The largest absolute Gasteiger partial charge is 0.496 e. The molecule has 1 aliphatic rings. The number of piperazine rings is 1. The van der Waals surface area contributed by atoms with Gasteiger partial charge in [0.2, 0.25) is 0 Å². The second-order valence-electron chi connectivity index (χ2n) is 4.84. The van der Waals surface area contributed by atoms with E-state index in [0.29, 0.717) is 18.3 Å². The summed E-state index contributed by atoms with van der Waals surface area (Å²) in [5.41, 5.74) is 0.977. The van der Waals surface area contributed by atoms with Crippen molar-refractivity contribution in [3.8, 4) is 5.75 Å². The molecule has 0 bridgehead atoms. The van der Waals surface area contributed by atoms with Crippen molar-refractivity contribution in [3.05, 3.63) is 33.9 Å². The monoisotopic (exact) mass is 265 g/mol. The Hall–Kier alpha value is -1.66. The van der Waals surface area contributed by atoms with Gasteiger partial charge in [-0.25, -0.2) is 0 Å². The van der Waals surface area contributed by atoms with Crippen LogP contribution < -0.4 is 10.1 Å². The zero-order valence-electron chi connectivity index (χ0n) is 11.3. The Morgan fingerprint density at radius 3 is 3.00 bits per heavy atom. The fourth-order valence-electron chi connectivity index (χ4n) is 2.40. The molecule has 6 nitrogen and oxygen atoms in total. The van der Waals surface area contributed by atoms with Crippen LogP contribution in [0.1, 0.15) is 12.5 Å². The van der Waals surface area contributed by atoms with Crippen LogP contribution in [0, 0.1) is 10.1 Å². The molecular weight excluding hydrogens is 246 g/mol. The van der Waals surface area contributed by atoms with Crippen molar-refractivity contribution in [1.29, 1.82) is 0 Å². The lowest BCUT2D eigenvalue weighted by Crippen LogP contribution is -2.48. The van der Waals surface area contributed by atoms with Crippen LogP contribution in [0.5, 0.6) is 5.75 Å². The number of nitro benzene ring substituents is 1.